The van der Waals surface area contributed by atoms with Crippen LogP contribution in [0.4, 0.5) is 0 Å². The number of ether oxygens (including phenoxy) is 1. The predicted molar refractivity (Wildman–Crippen MR) is 91.3 cm³/mol. The highest BCUT2D eigenvalue weighted by Gasteiger charge is 2.33. The molecule has 8 nitrogen and oxygen atoms in total. The van der Waals surface area contributed by atoms with Gasteiger partial charge in [-0.05, 0) is 37.2 Å². The fourth-order valence-electron chi connectivity index (χ4n) is 3.35. The monoisotopic (exact) mass is 368 g/mol. The van der Waals surface area contributed by atoms with Gasteiger partial charge >= 0.3 is 0 Å². The lowest BCUT2D eigenvalue weighted by atomic mass is 9.97. The summed E-state index contributed by atoms with van der Waals surface area (Å²) in [5.74, 6) is 0.221. The number of carbonyl (C=O) groups excluding carboxylic acids is 2. The zero-order chi connectivity index (χ0) is 17.8. The van der Waals surface area contributed by atoms with Gasteiger partial charge in [-0.15, -0.1) is 5.10 Å². The molecule has 2 aliphatic rings. The third kappa shape index (κ3) is 4.16. The molecule has 9 heteroatoms. The summed E-state index contributed by atoms with van der Waals surface area (Å²) in [4.78, 5) is 29.5. The molecule has 1 atom stereocenters. The fourth-order valence-corrected chi connectivity index (χ4v) is 3.96. The van der Waals surface area contributed by atoms with E-state index in [9.17, 15) is 14.7 Å². The predicted octanol–water partition coefficient (Wildman–Crippen LogP) is 0.309. The first-order chi connectivity index (χ1) is 12.1. The molecule has 0 radical (unpaired) electrons. The minimum atomic E-state index is -0.259. The number of aromatic nitrogens is 2. The number of morpholine rings is 1. The topological polar surface area (TPSA) is 95.9 Å². The summed E-state index contributed by atoms with van der Waals surface area (Å²) in [6.45, 7) is 4.61. The van der Waals surface area contributed by atoms with E-state index in [4.69, 9.17) is 4.74 Å². The molecular formula is C16H24N4O4S. The number of aliphatic hydroxyl groups is 1. The van der Waals surface area contributed by atoms with Crippen molar-refractivity contribution in [3.63, 3.8) is 0 Å². The van der Waals surface area contributed by atoms with Crippen LogP contribution in [0.2, 0.25) is 0 Å². The molecule has 0 spiro atoms. The SMILES string of the molecule is Cc1nnsc1C(=O)N1CCOC[C@@H]1CC(=O)N1CCC(CO)CC1. The van der Waals surface area contributed by atoms with E-state index < -0.39 is 0 Å². The normalized spacial score (nSPS) is 22.2. The first-order valence-corrected chi connectivity index (χ1v) is 9.43. The summed E-state index contributed by atoms with van der Waals surface area (Å²) in [6.07, 6.45) is 1.93. The molecule has 2 saturated heterocycles. The van der Waals surface area contributed by atoms with Gasteiger partial charge in [0, 0.05) is 32.7 Å². The highest BCUT2D eigenvalue weighted by atomic mass is 32.1. The second-order valence-corrected chi connectivity index (χ2v) is 7.38. The highest BCUT2D eigenvalue weighted by molar-refractivity contribution is 7.07. The lowest BCUT2D eigenvalue weighted by Crippen LogP contribution is -2.51. The van der Waals surface area contributed by atoms with Crippen molar-refractivity contribution >= 4 is 23.3 Å². The third-order valence-electron chi connectivity index (χ3n) is 4.97. The molecule has 0 bridgehead atoms. The molecule has 3 heterocycles. The van der Waals surface area contributed by atoms with Gasteiger partial charge in [0.15, 0.2) is 0 Å². The van der Waals surface area contributed by atoms with Crippen molar-refractivity contribution in [3.05, 3.63) is 10.6 Å². The average Bonchev–Trinajstić information content (AvgIpc) is 3.07. The van der Waals surface area contributed by atoms with Gasteiger partial charge in [0.05, 0.1) is 24.9 Å². The average molecular weight is 368 g/mol. The number of rotatable bonds is 4. The summed E-state index contributed by atoms with van der Waals surface area (Å²) in [7, 11) is 0. The van der Waals surface area contributed by atoms with Crippen molar-refractivity contribution in [2.75, 3.05) is 39.5 Å². The lowest BCUT2D eigenvalue weighted by molar-refractivity contribution is -0.135. The molecule has 1 N–H and O–H groups in total. The highest BCUT2D eigenvalue weighted by Crippen LogP contribution is 2.21. The fraction of sp³-hybridized carbons (Fsp3) is 0.750. The van der Waals surface area contributed by atoms with E-state index in [0.717, 1.165) is 24.4 Å². The van der Waals surface area contributed by atoms with Crippen LogP contribution in [-0.4, -0.2) is 81.8 Å². The van der Waals surface area contributed by atoms with Crippen molar-refractivity contribution in [1.29, 1.82) is 0 Å². The third-order valence-corrected chi connectivity index (χ3v) is 5.79. The standard InChI is InChI=1S/C16H24N4O4S/c1-11-15(25-18-17-11)16(23)20-6-7-24-10-13(20)8-14(22)19-4-2-12(9-21)3-5-19/h12-13,21H,2-10H2,1H3/t13-/m0/s1. The largest absolute Gasteiger partial charge is 0.396 e. The minimum absolute atomic E-state index is 0.0452. The molecule has 3 rings (SSSR count). The van der Waals surface area contributed by atoms with Crippen LogP contribution in [0.3, 0.4) is 0 Å². The number of aryl methyl sites for hydroxylation is 1. The van der Waals surface area contributed by atoms with Gasteiger partial charge in [-0.2, -0.15) is 0 Å². The Labute approximate surface area is 150 Å². The molecule has 25 heavy (non-hydrogen) atoms. The smallest absolute Gasteiger partial charge is 0.267 e. The molecule has 138 valence electrons. The Morgan fingerprint density at radius 3 is 2.72 bits per heavy atom. The summed E-state index contributed by atoms with van der Waals surface area (Å²) in [5.41, 5.74) is 0.623. The van der Waals surface area contributed by atoms with Gasteiger partial charge in [-0.3, -0.25) is 9.59 Å². The maximum Gasteiger partial charge on any atom is 0.267 e. The van der Waals surface area contributed by atoms with E-state index >= 15 is 0 Å². The zero-order valence-electron chi connectivity index (χ0n) is 14.4. The molecule has 1 aromatic heterocycles. The quantitative estimate of drug-likeness (QED) is 0.822. The molecule has 0 aromatic carbocycles. The zero-order valence-corrected chi connectivity index (χ0v) is 15.2. The molecule has 2 amide bonds. The number of amides is 2. The van der Waals surface area contributed by atoms with Crippen molar-refractivity contribution in [2.24, 2.45) is 5.92 Å². The lowest BCUT2D eigenvalue weighted by Gasteiger charge is -2.37. The summed E-state index contributed by atoms with van der Waals surface area (Å²) in [6, 6.07) is -0.259. The molecule has 2 aliphatic heterocycles. The molecule has 0 unspecified atom stereocenters. The molecular weight excluding hydrogens is 344 g/mol. The number of carbonyl (C=O) groups is 2. The van der Waals surface area contributed by atoms with Crippen LogP contribution in [-0.2, 0) is 9.53 Å². The number of hydrogen-bond acceptors (Lipinski definition) is 7. The summed E-state index contributed by atoms with van der Waals surface area (Å²) < 4.78 is 9.34. The van der Waals surface area contributed by atoms with E-state index in [-0.39, 0.29) is 30.9 Å². The molecule has 0 saturated carbocycles. The van der Waals surface area contributed by atoms with Crippen molar-refractivity contribution in [1.82, 2.24) is 19.4 Å². The Morgan fingerprint density at radius 2 is 2.08 bits per heavy atom. The molecule has 1 aromatic rings. The van der Waals surface area contributed by atoms with E-state index in [0.29, 0.717) is 49.3 Å². The van der Waals surface area contributed by atoms with Crippen LogP contribution in [0.25, 0.3) is 0 Å². The number of likely N-dealkylation sites (tertiary alicyclic amines) is 1. The minimum Gasteiger partial charge on any atom is -0.396 e. The van der Waals surface area contributed by atoms with Crippen molar-refractivity contribution in [2.45, 2.75) is 32.2 Å². The van der Waals surface area contributed by atoms with Gasteiger partial charge < -0.3 is 19.6 Å². The van der Waals surface area contributed by atoms with E-state index in [1.807, 2.05) is 4.90 Å². The van der Waals surface area contributed by atoms with Crippen LogP contribution in [0.5, 0.6) is 0 Å². The van der Waals surface area contributed by atoms with Crippen LogP contribution >= 0.6 is 11.5 Å². The maximum absolute atomic E-state index is 12.8. The molecule has 2 fully saturated rings. The van der Waals surface area contributed by atoms with E-state index in [1.54, 1.807) is 11.8 Å². The number of nitrogens with zero attached hydrogens (tertiary/aromatic N) is 4. The van der Waals surface area contributed by atoms with Gasteiger partial charge in [-0.25, -0.2) is 0 Å². The van der Waals surface area contributed by atoms with E-state index in [2.05, 4.69) is 9.59 Å². The molecule has 0 aliphatic carbocycles. The van der Waals surface area contributed by atoms with Crippen LogP contribution in [0.15, 0.2) is 0 Å². The Bertz CT molecular complexity index is 615. The van der Waals surface area contributed by atoms with Crippen LogP contribution in [0, 0.1) is 12.8 Å². The number of aliphatic hydroxyl groups excluding tert-OH is 1. The Balaban J connectivity index is 1.62. The maximum atomic E-state index is 12.8. The van der Waals surface area contributed by atoms with Crippen molar-refractivity contribution < 1.29 is 19.4 Å². The number of hydrogen-bond donors (Lipinski definition) is 1. The van der Waals surface area contributed by atoms with Gasteiger partial charge in [0.1, 0.15) is 4.88 Å². The first-order valence-electron chi connectivity index (χ1n) is 8.66. The van der Waals surface area contributed by atoms with Gasteiger partial charge in [0.25, 0.3) is 5.91 Å². The Kier molecular flexibility index (Phi) is 5.98. The van der Waals surface area contributed by atoms with E-state index in [1.165, 1.54) is 0 Å². The summed E-state index contributed by atoms with van der Waals surface area (Å²) >= 11 is 1.09. The Hall–Kier alpha value is -1.58. The summed E-state index contributed by atoms with van der Waals surface area (Å²) in [5, 5.41) is 13.1. The Morgan fingerprint density at radius 1 is 1.32 bits per heavy atom. The number of piperidine rings is 1. The van der Waals surface area contributed by atoms with Crippen molar-refractivity contribution in [3.8, 4) is 0 Å². The van der Waals surface area contributed by atoms with Crippen LogP contribution < -0.4 is 0 Å². The second kappa shape index (κ2) is 8.20. The first kappa shape index (κ1) is 18.2. The van der Waals surface area contributed by atoms with Gasteiger partial charge in [-0.1, -0.05) is 4.49 Å². The van der Waals surface area contributed by atoms with Gasteiger partial charge in [0.2, 0.25) is 5.91 Å². The second-order valence-electron chi connectivity index (χ2n) is 6.63. The van der Waals surface area contributed by atoms with Crippen LogP contribution in [0.1, 0.15) is 34.6 Å².